The van der Waals surface area contributed by atoms with Gasteiger partial charge in [-0.05, 0) is 39.0 Å². The number of methoxy groups -OCH3 is 1. The van der Waals surface area contributed by atoms with Gasteiger partial charge in [0.1, 0.15) is 0 Å². The molecule has 1 aliphatic carbocycles. The van der Waals surface area contributed by atoms with E-state index in [1.54, 1.807) is 7.11 Å². The van der Waals surface area contributed by atoms with Crippen LogP contribution in [-0.4, -0.2) is 49.8 Å². The molecule has 0 aromatic carbocycles. The highest BCUT2D eigenvalue weighted by Crippen LogP contribution is 2.37. The van der Waals surface area contributed by atoms with Gasteiger partial charge in [-0.15, -0.1) is 0 Å². The Labute approximate surface area is 99.5 Å². The predicted molar refractivity (Wildman–Crippen MR) is 66.6 cm³/mol. The summed E-state index contributed by atoms with van der Waals surface area (Å²) in [5.74, 6) is 0.963. The van der Waals surface area contributed by atoms with E-state index in [0.29, 0.717) is 12.1 Å². The molecule has 2 aliphatic rings. The lowest BCUT2D eigenvalue weighted by Crippen LogP contribution is -2.59. The average Bonchev–Trinajstić information content (AvgIpc) is 3.09. The molecule has 94 valence electrons. The van der Waals surface area contributed by atoms with Crippen LogP contribution in [0.4, 0.5) is 0 Å². The quantitative estimate of drug-likeness (QED) is 0.768. The zero-order valence-electron chi connectivity index (χ0n) is 10.9. The van der Waals surface area contributed by atoms with E-state index < -0.39 is 0 Å². The first-order valence-corrected chi connectivity index (χ1v) is 6.70. The zero-order chi connectivity index (χ0) is 11.5. The minimum Gasteiger partial charge on any atom is -0.385 e. The van der Waals surface area contributed by atoms with Crippen LogP contribution in [-0.2, 0) is 4.74 Å². The van der Waals surface area contributed by atoms with E-state index in [0.717, 1.165) is 25.0 Å². The average molecular weight is 226 g/mol. The molecule has 2 rings (SSSR count). The van der Waals surface area contributed by atoms with Gasteiger partial charge in [0.15, 0.2) is 0 Å². The molecule has 0 aromatic heterocycles. The van der Waals surface area contributed by atoms with E-state index in [9.17, 15) is 0 Å². The molecule has 1 aliphatic heterocycles. The molecule has 16 heavy (non-hydrogen) atoms. The van der Waals surface area contributed by atoms with Crippen LogP contribution in [0.15, 0.2) is 0 Å². The molecular formula is C13H26N2O. The summed E-state index contributed by atoms with van der Waals surface area (Å²) < 4.78 is 5.20. The number of ether oxygens (including phenoxy) is 1. The number of hydrogen-bond acceptors (Lipinski definition) is 3. The van der Waals surface area contributed by atoms with Crippen molar-refractivity contribution in [1.29, 1.82) is 0 Å². The molecule has 0 amide bonds. The van der Waals surface area contributed by atoms with Crippen molar-refractivity contribution in [1.82, 2.24) is 10.2 Å². The van der Waals surface area contributed by atoms with Crippen LogP contribution in [0, 0.1) is 5.92 Å². The Morgan fingerprint density at radius 1 is 1.44 bits per heavy atom. The van der Waals surface area contributed by atoms with Gasteiger partial charge in [0, 0.05) is 44.9 Å². The van der Waals surface area contributed by atoms with Crippen molar-refractivity contribution in [2.24, 2.45) is 5.92 Å². The Bertz CT molecular complexity index is 218. The summed E-state index contributed by atoms with van der Waals surface area (Å²) in [5, 5.41) is 3.62. The second-order valence-electron chi connectivity index (χ2n) is 5.54. The molecule has 0 bridgehead atoms. The molecule has 1 N–H and O–H groups in total. The largest absolute Gasteiger partial charge is 0.385 e. The topological polar surface area (TPSA) is 24.5 Å². The minimum absolute atomic E-state index is 0.639. The van der Waals surface area contributed by atoms with Crippen LogP contribution in [0.5, 0.6) is 0 Å². The first kappa shape index (κ1) is 12.3. The Morgan fingerprint density at radius 3 is 2.81 bits per heavy atom. The van der Waals surface area contributed by atoms with E-state index in [-0.39, 0.29) is 0 Å². The van der Waals surface area contributed by atoms with Crippen molar-refractivity contribution >= 4 is 0 Å². The molecule has 3 atom stereocenters. The molecule has 2 fully saturated rings. The van der Waals surface area contributed by atoms with E-state index in [4.69, 9.17) is 4.74 Å². The number of nitrogens with one attached hydrogen (secondary N) is 1. The zero-order valence-corrected chi connectivity index (χ0v) is 10.9. The van der Waals surface area contributed by atoms with Crippen molar-refractivity contribution in [3.63, 3.8) is 0 Å². The molecule has 0 aromatic rings. The van der Waals surface area contributed by atoms with Gasteiger partial charge in [0.2, 0.25) is 0 Å². The summed E-state index contributed by atoms with van der Waals surface area (Å²) in [4.78, 5) is 2.72. The Balaban J connectivity index is 1.90. The SMILES string of the molecule is COCCC(C)N1CC(C)NCC1C1CC1. The van der Waals surface area contributed by atoms with Crippen molar-refractivity contribution in [2.75, 3.05) is 26.8 Å². The molecule has 3 unspecified atom stereocenters. The number of piperazine rings is 1. The van der Waals surface area contributed by atoms with Gasteiger partial charge < -0.3 is 10.1 Å². The summed E-state index contributed by atoms with van der Waals surface area (Å²) in [5.41, 5.74) is 0. The fourth-order valence-electron chi connectivity index (χ4n) is 2.83. The van der Waals surface area contributed by atoms with Crippen molar-refractivity contribution in [2.45, 2.75) is 51.2 Å². The van der Waals surface area contributed by atoms with Crippen LogP contribution in [0.2, 0.25) is 0 Å². The number of hydrogen-bond donors (Lipinski definition) is 1. The van der Waals surface area contributed by atoms with E-state index >= 15 is 0 Å². The van der Waals surface area contributed by atoms with Crippen molar-refractivity contribution in [3.8, 4) is 0 Å². The van der Waals surface area contributed by atoms with Crippen LogP contribution in [0.25, 0.3) is 0 Å². The maximum absolute atomic E-state index is 5.20. The fourth-order valence-corrected chi connectivity index (χ4v) is 2.83. The molecule has 3 nitrogen and oxygen atoms in total. The lowest BCUT2D eigenvalue weighted by molar-refractivity contribution is 0.0609. The van der Waals surface area contributed by atoms with E-state index in [1.165, 1.54) is 25.9 Å². The monoisotopic (exact) mass is 226 g/mol. The lowest BCUT2D eigenvalue weighted by Gasteiger charge is -2.43. The standard InChI is InChI=1S/C13H26N2O/c1-10-9-15(11(2)6-7-16-3)13(8-14-10)12-4-5-12/h10-14H,4-9H2,1-3H3. The van der Waals surface area contributed by atoms with Crippen LogP contribution in [0.3, 0.4) is 0 Å². The third-order valence-corrected chi connectivity index (χ3v) is 4.06. The normalized spacial score (nSPS) is 33.9. The van der Waals surface area contributed by atoms with Gasteiger partial charge in [0.05, 0.1) is 0 Å². The number of rotatable bonds is 5. The first-order valence-electron chi connectivity index (χ1n) is 6.70. The minimum atomic E-state index is 0.639. The Hall–Kier alpha value is -0.120. The summed E-state index contributed by atoms with van der Waals surface area (Å²) in [6.45, 7) is 7.91. The molecule has 1 heterocycles. The van der Waals surface area contributed by atoms with E-state index in [1.807, 2.05) is 0 Å². The molecule has 0 radical (unpaired) electrons. The van der Waals surface area contributed by atoms with Gasteiger partial charge in [-0.3, -0.25) is 4.90 Å². The molecule has 1 saturated carbocycles. The number of nitrogens with zero attached hydrogens (tertiary/aromatic N) is 1. The Morgan fingerprint density at radius 2 is 2.19 bits per heavy atom. The van der Waals surface area contributed by atoms with Crippen LogP contribution in [0.1, 0.15) is 33.1 Å². The van der Waals surface area contributed by atoms with Crippen molar-refractivity contribution in [3.05, 3.63) is 0 Å². The van der Waals surface area contributed by atoms with Crippen LogP contribution >= 0.6 is 0 Å². The summed E-state index contributed by atoms with van der Waals surface area (Å²) in [6, 6.07) is 2.08. The Kier molecular flexibility index (Phi) is 4.22. The highest BCUT2D eigenvalue weighted by atomic mass is 16.5. The van der Waals surface area contributed by atoms with Gasteiger partial charge in [-0.25, -0.2) is 0 Å². The highest BCUT2D eigenvalue weighted by molar-refractivity contribution is 4.95. The third-order valence-electron chi connectivity index (χ3n) is 4.06. The molecule has 0 spiro atoms. The summed E-state index contributed by atoms with van der Waals surface area (Å²) >= 11 is 0. The van der Waals surface area contributed by atoms with Gasteiger partial charge in [-0.2, -0.15) is 0 Å². The van der Waals surface area contributed by atoms with Crippen molar-refractivity contribution < 1.29 is 4.74 Å². The van der Waals surface area contributed by atoms with Gasteiger partial charge in [0.25, 0.3) is 0 Å². The maximum Gasteiger partial charge on any atom is 0.0477 e. The second-order valence-corrected chi connectivity index (χ2v) is 5.54. The first-order chi connectivity index (χ1) is 7.72. The molecular weight excluding hydrogens is 200 g/mol. The smallest absolute Gasteiger partial charge is 0.0477 e. The van der Waals surface area contributed by atoms with Crippen LogP contribution < -0.4 is 5.32 Å². The summed E-state index contributed by atoms with van der Waals surface area (Å²) in [7, 11) is 1.80. The molecule has 1 saturated heterocycles. The molecule has 3 heteroatoms. The van der Waals surface area contributed by atoms with Gasteiger partial charge >= 0.3 is 0 Å². The third kappa shape index (κ3) is 2.96. The lowest BCUT2D eigenvalue weighted by atomic mass is 10.0. The summed E-state index contributed by atoms with van der Waals surface area (Å²) in [6.07, 6.45) is 4.04. The van der Waals surface area contributed by atoms with E-state index in [2.05, 4.69) is 24.1 Å². The second kappa shape index (κ2) is 5.48. The predicted octanol–water partition coefficient (Wildman–Crippen LogP) is 1.48. The highest BCUT2D eigenvalue weighted by Gasteiger charge is 2.39. The maximum atomic E-state index is 5.20. The van der Waals surface area contributed by atoms with Gasteiger partial charge in [-0.1, -0.05) is 0 Å². The fraction of sp³-hybridized carbons (Fsp3) is 1.00.